The second kappa shape index (κ2) is 7.60. The van der Waals surface area contributed by atoms with Gasteiger partial charge in [-0.3, -0.25) is 15.1 Å². The second-order valence-corrected chi connectivity index (χ2v) is 4.45. The van der Waals surface area contributed by atoms with Crippen molar-refractivity contribution in [2.24, 2.45) is 5.84 Å². The fraction of sp³-hybridized carbons (Fsp3) is 0.909. The van der Waals surface area contributed by atoms with Crippen LogP contribution in [0.2, 0.25) is 0 Å². The molecule has 0 aromatic carbocycles. The average molecular weight is 245 g/mol. The molecule has 0 spiro atoms. The van der Waals surface area contributed by atoms with E-state index in [1.165, 1.54) is 0 Å². The molecule has 6 nitrogen and oxygen atoms in total. The quantitative estimate of drug-likeness (QED) is 0.325. The Balaban J connectivity index is 2.23. The minimum absolute atomic E-state index is 0.0767. The van der Waals surface area contributed by atoms with Gasteiger partial charge in [0.1, 0.15) is 0 Å². The third-order valence-electron chi connectivity index (χ3n) is 3.19. The van der Waals surface area contributed by atoms with Crippen LogP contribution >= 0.6 is 0 Å². The molecule has 1 rings (SSSR count). The van der Waals surface area contributed by atoms with Gasteiger partial charge in [-0.25, -0.2) is 5.84 Å². The van der Waals surface area contributed by atoms with Crippen molar-refractivity contribution >= 4 is 5.91 Å². The highest BCUT2D eigenvalue weighted by Crippen LogP contribution is 2.17. The summed E-state index contributed by atoms with van der Waals surface area (Å²) in [7, 11) is 0. The number of nitrogens with two attached hydrogens (primary N) is 1. The number of amides is 1. The smallest absolute Gasteiger partial charge is 0.235 e. The predicted octanol–water partition coefficient (Wildman–Crippen LogP) is -0.772. The number of rotatable bonds is 6. The Kier molecular flexibility index (Phi) is 6.43. The van der Waals surface area contributed by atoms with E-state index in [0.29, 0.717) is 13.0 Å². The summed E-state index contributed by atoms with van der Waals surface area (Å²) in [5.41, 5.74) is 2.15. The lowest BCUT2D eigenvalue weighted by molar-refractivity contribution is -0.122. The molecule has 1 aliphatic rings. The van der Waals surface area contributed by atoms with Crippen LogP contribution in [0.25, 0.3) is 0 Å². The van der Waals surface area contributed by atoms with Crippen molar-refractivity contribution in [3.05, 3.63) is 0 Å². The topological polar surface area (TPSA) is 87.8 Å². The van der Waals surface area contributed by atoms with Crippen LogP contribution < -0.4 is 11.3 Å². The third kappa shape index (κ3) is 4.99. The molecule has 0 radical (unpaired) electrons. The zero-order chi connectivity index (χ0) is 12.7. The first-order valence-electron chi connectivity index (χ1n) is 6.13. The maximum Gasteiger partial charge on any atom is 0.235 e. The largest absolute Gasteiger partial charge is 0.394 e. The summed E-state index contributed by atoms with van der Waals surface area (Å²) in [6.07, 6.45) is 2.58. The van der Waals surface area contributed by atoms with Gasteiger partial charge in [-0.1, -0.05) is 0 Å². The summed E-state index contributed by atoms with van der Waals surface area (Å²) in [6, 6.07) is 0.206. The minimum atomic E-state index is -0.129. The van der Waals surface area contributed by atoms with Crippen LogP contribution in [-0.4, -0.2) is 54.4 Å². The van der Waals surface area contributed by atoms with Gasteiger partial charge in [0.15, 0.2) is 0 Å². The lowest BCUT2D eigenvalue weighted by atomic mass is 10.0. The molecule has 1 saturated heterocycles. The summed E-state index contributed by atoms with van der Waals surface area (Å²) >= 11 is 0. The molecule has 1 fully saturated rings. The Morgan fingerprint density at radius 3 is 2.76 bits per heavy atom. The minimum Gasteiger partial charge on any atom is -0.394 e. The molecule has 1 aliphatic heterocycles. The van der Waals surface area contributed by atoms with Crippen LogP contribution in [0.4, 0.5) is 0 Å². The van der Waals surface area contributed by atoms with Crippen molar-refractivity contribution < 1.29 is 14.6 Å². The number of nitrogens with one attached hydrogen (secondary N) is 1. The molecule has 1 amide bonds. The number of aliphatic hydroxyl groups is 1. The van der Waals surface area contributed by atoms with Gasteiger partial charge in [0, 0.05) is 25.6 Å². The van der Waals surface area contributed by atoms with E-state index >= 15 is 0 Å². The van der Waals surface area contributed by atoms with Gasteiger partial charge in [-0.2, -0.15) is 0 Å². The maximum absolute atomic E-state index is 11.2. The summed E-state index contributed by atoms with van der Waals surface area (Å²) < 4.78 is 5.49. The summed E-state index contributed by atoms with van der Waals surface area (Å²) in [5.74, 6) is 4.94. The summed E-state index contributed by atoms with van der Waals surface area (Å²) in [4.78, 5) is 13.4. The SMILES string of the molecule is CC(CC(=O)NN)N1CCC(OCCO)CC1. The van der Waals surface area contributed by atoms with E-state index in [0.717, 1.165) is 25.9 Å². The Bertz CT molecular complexity index is 230. The van der Waals surface area contributed by atoms with Crippen molar-refractivity contribution in [2.75, 3.05) is 26.3 Å². The molecule has 0 aromatic heterocycles. The molecule has 0 saturated carbocycles. The van der Waals surface area contributed by atoms with E-state index in [-0.39, 0.29) is 24.7 Å². The number of carbonyl (C=O) groups excluding carboxylic acids is 1. The number of ether oxygens (including phenoxy) is 1. The summed E-state index contributed by atoms with van der Waals surface area (Å²) in [6.45, 7) is 4.37. The fourth-order valence-corrected chi connectivity index (χ4v) is 2.16. The van der Waals surface area contributed by atoms with Crippen molar-refractivity contribution in [3.8, 4) is 0 Å². The van der Waals surface area contributed by atoms with Gasteiger partial charge in [-0.05, 0) is 19.8 Å². The van der Waals surface area contributed by atoms with Crippen LogP contribution in [0.3, 0.4) is 0 Å². The van der Waals surface area contributed by atoms with E-state index in [1.54, 1.807) is 0 Å². The first-order chi connectivity index (χ1) is 8.17. The Hall–Kier alpha value is -0.690. The number of hydrazine groups is 1. The number of nitrogens with zero attached hydrogens (tertiary/aromatic N) is 1. The molecular formula is C11H23N3O3. The number of piperidine rings is 1. The monoisotopic (exact) mass is 245 g/mol. The lowest BCUT2D eigenvalue weighted by Gasteiger charge is -2.35. The fourth-order valence-electron chi connectivity index (χ4n) is 2.16. The Morgan fingerprint density at radius 1 is 1.59 bits per heavy atom. The molecule has 0 aromatic rings. The van der Waals surface area contributed by atoms with Gasteiger partial charge in [-0.15, -0.1) is 0 Å². The summed E-state index contributed by atoms with van der Waals surface area (Å²) in [5, 5.41) is 8.67. The van der Waals surface area contributed by atoms with Gasteiger partial charge in [0.2, 0.25) is 5.91 Å². The normalized spacial score (nSPS) is 20.2. The van der Waals surface area contributed by atoms with Gasteiger partial charge >= 0.3 is 0 Å². The lowest BCUT2D eigenvalue weighted by Crippen LogP contribution is -2.45. The molecule has 0 aliphatic carbocycles. The number of likely N-dealkylation sites (tertiary alicyclic amines) is 1. The van der Waals surface area contributed by atoms with Crippen LogP contribution in [-0.2, 0) is 9.53 Å². The molecule has 0 bridgehead atoms. The Morgan fingerprint density at radius 2 is 2.24 bits per heavy atom. The average Bonchev–Trinajstić information content (AvgIpc) is 2.36. The van der Waals surface area contributed by atoms with Crippen LogP contribution in [0, 0.1) is 0 Å². The maximum atomic E-state index is 11.2. The molecule has 1 atom stereocenters. The highest BCUT2D eigenvalue weighted by atomic mass is 16.5. The van der Waals surface area contributed by atoms with E-state index in [4.69, 9.17) is 15.7 Å². The third-order valence-corrected chi connectivity index (χ3v) is 3.19. The predicted molar refractivity (Wildman–Crippen MR) is 64.0 cm³/mol. The van der Waals surface area contributed by atoms with E-state index < -0.39 is 0 Å². The first kappa shape index (κ1) is 14.4. The highest BCUT2D eigenvalue weighted by molar-refractivity contribution is 5.75. The highest BCUT2D eigenvalue weighted by Gasteiger charge is 2.24. The second-order valence-electron chi connectivity index (χ2n) is 4.45. The van der Waals surface area contributed by atoms with Gasteiger partial charge in [0.05, 0.1) is 19.3 Å². The van der Waals surface area contributed by atoms with Crippen LogP contribution in [0.5, 0.6) is 0 Å². The molecular weight excluding hydrogens is 222 g/mol. The first-order valence-corrected chi connectivity index (χ1v) is 6.13. The number of carbonyl (C=O) groups is 1. The number of aliphatic hydroxyl groups excluding tert-OH is 1. The molecule has 1 unspecified atom stereocenters. The van der Waals surface area contributed by atoms with Crippen molar-refractivity contribution in [2.45, 2.75) is 38.3 Å². The van der Waals surface area contributed by atoms with E-state index in [9.17, 15) is 4.79 Å². The molecule has 6 heteroatoms. The van der Waals surface area contributed by atoms with Crippen molar-refractivity contribution in [3.63, 3.8) is 0 Å². The van der Waals surface area contributed by atoms with Crippen molar-refractivity contribution in [1.29, 1.82) is 0 Å². The van der Waals surface area contributed by atoms with Gasteiger partial charge < -0.3 is 9.84 Å². The zero-order valence-electron chi connectivity index (χ0n) is 10.4. The van der Waals surface area contributed by atoms with Gasteiger partial charge in [0.25, 0.3) is 0 Å². The standard InChI is InChI=1S/C11H23N3O3/c1-9(8-11(16)13-12)14-4-2-10(3-5-14)17-7-6-15/h9-10,15H,2-8,12H2,1H3,(H,13,16). The molecule has 1 heterocycles. The zero-order valence-corrected chi connectivity index (χ0v) is 10.4. The number of hydrogen-bond donors (Lipinski definition) is 3. The van der Waals surface area contributed by atoms with Crippen LogP contribution in [0.15, 0.2) is 0 Å². The van der Waals surface area contributed by atoms with E-state index in [2.05, 4.69) is 10.3 Å². The number of hydrogen-bond acceptors (Lipinski definition) is 5. The molecule has 4 N–H and O–H groups in total. The molecule has 17 heavy (non-hydrogen) atoms. The Labute approximate surface area is 102 Å². The van der Waals surface area contributed by atoms with E-state index in [1.807, 2.05) is 6.92 Å². The van der Waals surface area contributed by atoms with Crippen molar-refractivity contribution in [1.82, 2.24) is 10.3 Å². The van der Waals surface area contributed by atoms with Crippen LogP contribution in [0.1, 0.15) is 26.2 Å². The molecule has 100 valence electrons.